The number of hydrogen-bond donors (Lipinski definition) is 0. The molecular formula is C7H10O. The quantitative estimate of drug-likeness (QED) is 0.460. The monoisotopic (exact) mass is 110 g/mol. The average molecular weight is 110 g/mol. The SMILES string of the molecule is C[C@@]12CCC(=O)[C@@H]1C2. The minimum atomic E-state index is 0.483. The molecule has 0 bridgehead atoms. The Kier molecular flexibility index (Phi) is 0.565. The molecule has 0 N–H and O–H groups in total. The maximum Gasteiger partial charge on any atom is 0.136 e. The molecule has 2 fully saturated rings. The second-order valence-corrected chi connectivity index (χ2v) is 3.38. The Morgan fingerprint density at radius 1 is 1.75 bits per heavy atom. The van der Waals surface area contributed by atoms with Crippen molar-refractivity contribution in [3.05, 3.63) is 0 Å². The minimum absolute atomic E-state index is 0.483. The van der Waals surface area contributed by atoms with Crippen LogP contribution in [0.25, 0.3) is 0 Å². The summed E-state index contributed by atoms with van der Waals surface area (Å²) in [6.45, 7) is 2.22. The van der Waals surface area contributed by atoms with Crippen LogP contribution >= 0.6 is 0 Å². The summed E-state index contributed by atoms with van der Waals surface area (Å²) in [4.78, 5) is 10.8. The molecule has 0 spiro atoms. The van der Waals surface area contributed by atoms with Crippen LogP contribution in [-0.4, -0.2) is 5.78 Å². The van der Waals surface area contributed by atoms with Gasteiger partial charge in [0.05, 0.1) is 0 Å². The molecular weight excluding hydrogens is 100 g/mol. The number of hydrogen-bond acceptors (Lipinski definition) is 1. The number of fused-ring (bicyclic) bond motifs is 1. The van der Waals surface area contributed by atoms with Crippen LogP contribution in [0.15, 0.2) is 0 Å². The summed E-state index contributed by atoms with van der Waals surface area (Å²) in [6.07, 6.45) is 3.21. The second kappa shape index (κ2) is 0.996. The van der Waals surface area contributed by atoms with E-state index in [2.05, 4.69) is 6.92 Å². The Balaban J connectivity index is 2.26. The van der Waals surface area contributed by atoms with E-state index in [1.54, 1.807) is 0 Å². The van der Waals surface area contributed by atoms with Crippen LogP contribution in [0.2, 0.25) is 0 Å². The molecule has 2 aliphatic carbocycles. The first-order chi connectivity index (χ1) is 3.72. The zero-order valence-corrected chi connectivity index (χ0v) is 5.11. The number of carbonyl (C=O) groups is 1. The Morgan fingerprint density at radius 3 is 2.62 bits per heavy atom. The molecule has 0 saturated heterocycles. The summed E-state index contributed by atoms with van der Waals surface area (Å²) in [5.41, 5.74) is 0.483. The highest BCUT2D eigenvalue weighted by Crippen LogP contribution is 2.61. The van der Waals surface area contributed by atoms with Crippen LogP contribution in [0.5, 0.6) is 0 Å². The average Bonchev–Trinajstić information content (AvgIpc) is 2.32. The first kappa shape index (κ1) is 4.54. The Bertz CT molecular complexity index is 150. The third kappa shape index (κ3) is 0.355. The topological polar surface area (TPSA) is 17.1 Å². The largest absolute Gasteiger partial charge is 0.299 e. The highest BCUT2D eigenvalue weighted by atomic mass is 16.1. The van der Waals surface area contributed by atoms with Crippen molar-refractivity contribution in [2.75, 3.05) is 0 Å². The smallest absolute Gasteiger partial charge is 0.136 e. The molecule has 44 valence electrons. The first-order valence-electron chi connectivity index (χ1n) is 3.25. The van der Waals surface area contributed by atoms with E-state index >= 15 is 0 Å². The van der Waals surface area contributed by atoms with Gasteiger partial charge in [-0.25, -0.2) is 0 Å². The van der Waals surface area contributed by atoms with Gasteiger partial charge in [0.25, 0.3) is 0 Å². The molecule has 2 rings (SSSR count). The molecule has 2 atom stereocenters. The number of carbonyl (C=O) groups excluding carboxylic acids is 1. The van der Waals surface area contributed by atoms with Crippen LogP contribution < -0.4 is 0 Å². The molecule has 0 unspecified atom stereocenters. The van der Waals surface area contributed by atoms with E-state index < -0.39 is 0 Å². The normalized spacial score (nSPS) is 51.6. The van der Waals surface area contributed by atoms with Crippen molar-refractivity contribution in [3.63, 3.8) is 0 Å². The molecule has 0 amide bonds. The van der Waals surface area contributed by atoms with Crippen molar-refractivity contribution in [3.8, 4) is 0 Å². The van der Waals surface area contributed by atoms with Gasteiger partial charge < -0.3 is 0 Å². The maximum absolute atomic E-state index is 10.8. The third-order valence-corrected chi connectivity index (χ3v) is 2.68. The van der Waals surface area contributed by atoms with Gasteiger partial charge in [-0.1, -0.05) is 6.92 Å². The Labute approximate surface area is 49.1 Å². The van der Waals surface area contributed by atoms with Crippen LogP contribution in [0.1, 0.15) is 26.2 Å². The van der Waals surface area contributed by atoms with Gasteiger partial charge in [0.1, 0.15) is 5.78 Å². The van der Waals surface area contributed by atoms with Gasteiger partial charge in [-0.2, -0.15) is 0 Å². The molecule has 1 nitrogen and oxygen atoms in total. The van der Waals surface area contributed by atoms with Gasteiger partial charge in [0.2, 0.25) is 0 Å². The predicted octanol–water partition coefficient (Wildman–Crippen LogP) is 1.38. The molecule has 0 aliphatic heterocycles. The third-order valence-electron chi connectivity index (χ3n) is 2.68. The number of Topliss-reactive ketones (excluding diaryl/α,β-unsaturated/α-hetero) is 1. The molecule has 1 heteroatoms. The molecule has 2 aliphatic rings. The summed E-state index contributed by atoms with van der Waals surface area (Å²) in [6, 6.07) is 0. The van der Waals surface area contributed by atoms with Gasteiger partial charge in [0, 0.05) is 12.3 Å². The lowest BCUT2D eigenvalue weighted by molar-refractivity contribution is -0.119. The fourth-order valence-corrected chi connectivity index (χ4v) is 1.77. The standard InChI is InChI=1S/C7H10O/c1-7-3-2-6(8)5(7)4-7/h5H,2-4H2,1H3/t5-,7-/m0/s1. The van der Waals surface area contributed by atoms with Crippen molar-refractivity contribution in [2.45, 2.75) is 26.2 Å². The summed E-state index contributed by atoms with van der Waals surface area (Å²) in [5.74, 6) is 1.01. The summed E-state index contributed by atoms with van der Waals surface area (Å²) in [7, 11) is 0. The van der Waals surface area contributed by atoms with Gasteiger partial charge in [-0.05, 0) is 18.3 Å². The fraction of sp³-hybridized carbons (Fsp3) is 0.857. The zero-order chi connectivity index (χ0) is 5.78. The van der Waals surface area contributed by atoms with Crippen LogP contribution in [0.3, 0.4) is 0 Å². The lowest BCUT2D eigenvalue weighted by Crippen LogP contribution is -1.92. The lowest BCUT2D eigenvalue weighted by atomic mass is 10.1. The zero-order valence-electron chi connectivity index (χ0n) is 5.11. The van der Waals surface area contributed by atoms with E-state index in [9.17, 15) is 4.79 Å². The molecule has 0 aromatic rings. The molecule has 0 heterocycles. The van der Waals surface area contributed by atoms with Crippen LogP contribution in [-0.2, 0) is 4.79 Å². The molecule has 0 aromatic carbocycles. The Morgan fingerprint density at radius 2 is 2.50 bits per heavy atom. The van der Waals surface area contributed by atoms with Crippen LogP contribution in [0.4, 0.5) is 0 Å². The van der Waals surface area contributed by atoms with Crippen molar-refractivity contribution in [1.82, 2.24) is 0 Å². The van der Waals surface area contributed by atoms with E-state index in [1.807, 2.05) is 0 Å². The van der Waals surface area contributed by atoms with E-state index in [0.29, 0.717) is 17.1 Å². The molecule has 0 aromatic heterocycles. The van der Waals surface area contributed by atoms with Gasteiger partial charge in [-0.3, -0.25) is 4.79 Å². The van der Waals surface area contributed by atoms with Crippen LogP contribution in [0, 0.1) is 11.3 Å². The minimum Gasteiger partial charge on any atom is -0.299 e. The van der Waals surface area contributed by atoms with E-state index in [1.165, 1.54) is 6.42 Å². The fourth-order valence-electron chi connectivity index (χ4n) is 1.77. The predicted molar refractivity (Wildman–Crippen MR) is 30.5 cm³/mol. The lowest BCUT2D eigenvalue weighted by Gasteiger charge is -1.95. The number of rotatable bonds is 0. The Hall–Kier alpha value is -0.330. The van der Waals surface area contributed by atoms with Gasteiger partial charge >= 0.3 is 0 Å². The van der Waals surface area contributed by atoms with E-state index in [-0.39, 0.29) is 0 Å². The van der Waals surface area contributed by atoms with E-state index in [0.717, 1.165) is 12.8 Å². The molecule has 2 saturated carbocycles. The molecule has 0 radical (unpaired) electrons. The second-order valence-electron chi connectivity index (χ2n) is 3.38. The summed E-state index contributed by atoms with van der Waals surface area (Å²) in [5, 5.41) is 0. The van der Waals surface area contributed by atoms with Crippen molar-refractivity contribution >= 4 is 5.78 Å². The van der Waals surface area contributed by atoms with Crippen molar-refractivity contribution in [2.24, 2.45) is 11.3 Å². The van der Waals surface area contributed by atoms with Gasteiger partial charge in [-0.15, -0.1) is 0 Å². The maximum atomic E-state index is 10.8. The highest BCUT2D eigenvalue weighted by Gasteiger charge is 2.57. The van der Waals surface area contributed by atoms with Gasteiger partial charge in [0.15, 0.2) is 0 Å². The van der Waals surface area contributed by atoms with E-state index in [4.69, 9.17) is 0 Å². The first-order valence-corrected chi connectivity index (χ1v) is 3.25. The van der Waals surface area contributed by atoms with Crippen molar-refractivity contribution in [1.29, 1.82) is 0 Å². The highest BCUT2D eigenvalue weighted by molar-refractivity contribution is 5.87. The summed E-state index contributed by atoms with van der Waals surface area (Å²) < 4.78 is 0. The van der Waals surface area contributed by atoms with Crippen molar-refractivity contribution < 1.29 is 4.79 Å². The summed E-state index contributed by atoms with van der Waals surface area (Å²) >= 11 is 0. The number of ketones is 1. The molecule has 8 heavy (non-hydrogen) atoms.